The lowest BCUT2D eigenvalue weighted by Gasteiger charge is -2.26. The summed E-state index contributed by atoms with van der Waals surface area (Å²) >= 11 is 5.28. The van der Waals surface area contributed by atoms with Crippen molar-refractivity contribution in [3.63, 3.8) is 0 Å². The first kappa shape index (κ1) is 21.2. The van der Waals surface area contributed by atoms with E-state index >= 15 is 0 Å². The highest BCUT2D eigenvalue weighted by Gasteiger charge is 2.12. The molecule has 0 aromatic heterocycles. The van der Waals surface area contributed by atoms with Crippen molar-refractivity contribution in [3.8, 4) is 5.75 Å². The summed E-state index contributed by atoms with van der Waals surface area (Å²) in [5, 5.41) is 6.02. The molecule has 0 bridgehead atoms. The van der Waals surface area contributed by atoms with Crippen molar-refractivity contribution in [2.75, 3.05) is 31.6 Å². The lowest BCUT2D eigenvalue weighted by molar-refractivity contribution is 0.0342. The molecule has 0 saturated carbocycles. The molecule has 7 heteroatoms. The molecule has 1 aliphatic heterocycles. The highest BCUT2D eigenvalue weighted by atomic mass is 32.1. The number of benzene rings is 2. The second-order valence-electron chi connectivity index (χ2n) is 7.19. The van der Waals surface area contributed by atoms with E-state index in [-0.39, 0.29) is 17.1 Å². The molecule has 0 unspecified atom stereocenters. The van der Waals surface area contributed by atoms with E-state index in [1.54, 1.807) is 18.2 Å². The van der Waals surface area contributed by atoms with Crippen LogP contribution >= 0.6 is 12.2 Å². The molecule has 0 spiro atoms. The van der Waals surface area contributed by atoms with Crippen molar-refractivity contribution in [2.45, 2.75) is 26.5 Å². The Morgan fingerprint density at radius 1 is 1.17 bits per heavy atom. The predicted molar refractivity (Wildman–Crippen MR) is 118 cm³/mol. The first-order valence-electron chi connectivity index (χ1n) is 9.78. The van der Waals surface area contributed by atoms with Crippen LogP contribution < -0.4 is 15.4 Å². The number of nitrogens with zero attached hydrogens (tertiary/aromatic N) is 1. The van der Waals surface area contributed by atoms with Crippen molar-refractivity contribution < 1.29 is 14.3 Å². The Morgan fingerprint density at radius 3 is 2.59 bits per heavy atom. The first-order valence-corrected chi connectivity index (χ1v) is 10.2. The number of rotatable bonds is 6. The van der Waals surface area contributed by atoms with E-state index in [0.29, 0.717) is 11.3 Å². The minimum atomic E-state index is -0.277. The second kappa shape index (κ2) is 10.3. The summed E-state index contributed by atoms with van der Waals surface area (Å²) in [6.07, 6.45) is 0.0438. The molecule has 1 saturated heterocycles. The van der Waals surface area contributed by atoms with Gasteiger partial charge in [-0.1, -0.05) is 18.2 Å². The Balaban J connectivity index is 1.51. The van der Waals surface area contributed by atoms with Crippen LogP contribution in [0.15, 0.2) is 48.5 Å². The molecule has 0 aliphatic carbocycles. The average molecular weight is 414 g/mol. The van der Waals surface area contributed by atoms with Gasteiger partial charge < -0.3 is 14.8 Å². The van der Waals surface area contributed by atoms with Crippen LogP contribution in [-0.2, 0) is 11.3 Å². The summed E-state index contributed by atoms with van der Waals surface area (Å²) in [6, 6.07) is 15.1. The molecule has 0 atom stereocenters. The highest BCUT2D eigenvalue weighted by Crippen LogP contribution is 2.15. The maximum Gasteiger partial charge on any atom is 0.257 e. The average Bonchev–Trinajstić information content (AvgIpc) is 2.70. The summed E-state index contributed by atoms with van der Waals surface area (Å²) in [5.74, 6) is 0.378. The quantitative estimate of drug-likeness (QED) is 0.708. The number of ether oxygens (including phenoxy) is 2. The summed E-state index contributed by atoms with van der Waals surface area (Å²) in [5.41, 5.74) is 2.56. The molecule has 0 radical (unpaired) electrons. The molecular weight excluding hydrogens is 386 g/mol. The van der Waals surface area contributed by atoms with Gasteiger partial charge in [0.05, 0.1) is 19.3 Å². The van der Waals surface area contributed by atoms with E-state index in [1.807, 2.05) is 32.0 Å². The SMILES string of the molecule is CC(C)Oc1cccc(C(=O)NC(=S)Nc2ccc(CN3CCOCC3)cc2)c1. The third kappa shape index (κ3) is 6.81. The number of amides is 1. The summed E-state index contributed by atoms with van der Waals surface area (Å²) < 4.78 is 11.0. The van der Waals surface area contributed by atoms with Crippen LogP contribution in [0.3, 0.4) is 0 Å². The highest BCUT2D eigenvalue weighted by molar-refractivity contribution is 7.80. The molecule has 1 heterocycles. The summed E-state index contributed by atoms with van der Waals surface area (Å²) in [7, 11) is 0. The van der Waals surface area contributed by atoms with Gasteiger partial charge in [0.25, 0.3) is 5.91 Å². The number of nitrogens with one attached hydrogen (secondary N) is 2. The fraction of sp³-hybridized carbons (Fsp3) is 0.364. The first-order chi connectivity index (χ1) is 14.0. The van der Waals surface area contributed by atoms with E-state index in [0.717, 1.165) is 38.5 Å². The summed E-state index contributed by atoms with van der Waals surface area (Å²) in [6.45, 7) is 8.29. The van der Waals surface area contributed by atoms with Crippen molar-refractivity contribution >= 4 is 28.9 Å². The molecule has 1 fully saturated rings. The van der Waals surface area contributed by atoms with Crippen LogP contribution in [0.25, 0.3) is 0 Å². The molecule has 1 amide bonds. The van der Waals surface area contributed by atoms with Crippen LogP contribution in [0.4, 0.5) is 5.69 Å². The molecule has 2 aromatic rings. The minimum absolute atomic E-state index is 0.0438. The number of carbonyl (C=O) groups is 1. The van der Waals surface area contributed by atoms with Crippen LogP contribution in [0.5, 0.6) is 5.75 Å². The van der Waals surface area contributed by atoms with Gasteiger partial charge in [-0.25, -0.2) is 0 Å². The number of hydrogen-bond donors (Lipinski definition) is 2. The maximum absolute atomic E-state index is 12.4. The van der Waals surface area contributed by atoms with Crippen LogP contribution in [0.1, 0.15) is 29.8 Å². The largest absolute Gasteiger partial charge is 0.491 e. The number of anilines is 1. The maximum atomic E-state index is 12.4. The fourth-order valence-electron chi connectivity index (χ4n) is 3.03. The lowest BCUT2D eigenvalue weighted by Crippen LogP contribution is -2.35. The van der Waals surface area contributed by atoms with Gasteiger partial charge in [-0.2, -0.15) is 0 Å². The van der Waals surface area contributed by atoms with Crippen molar-refractivity contribution in [1.29, 1.82) is 0 Å². The molecule has 2 N–H and O–H groups in total. The van der Waals surface area contributed by atoms with Gasteiger partial charge in [-0.3, -0.25) is 15.0 Å². The zero-order valence-corrected chi connectivity index (χ0v) is 17.6. The van der Waals surface area contributed by atoms with E-state index in [4.69, 9.17) is 21.7 Å². The normalized spacial score (nSPS) is 14.4. The Kier molecular flexibility index (Phi) is 7.57. The Labute approximate surface area is 177 Å². The van der Waals surface area contributed by atoms with Gasteiger partial charge in [-0.05, 0) is 62.0 Å². The van der Waals surface area contributed by atoms with E-state index in [1.165, 1.54) is 5.56 Å². The van der Waals surface area contributed by atoms with Crippen LogP contribution in [0.2, 0.25) is 0 Å². The standard InChI is InChI=1S/C22H27N3O3S/c1-16(2)28-20-5-3-4-18(14-20)21(26)24-22(29)23-19-8-6-17(7-9-19)15-25-10-12-27-13-11-25/h3-9,14,16H,10-13,15H2,1-2H3,(H2,23,24,26,29). The van der Waals surface area contributed by atoms with Gasteiger partial charge in [0, 0.05) is 30.9 Å². The zero-order valence-electron chi connectivity index (χ0n) is 16.8. The van der Waals surface area contributed by atoms with Gasteiger partial charge in [0.15, 0.2) is 5.11 Å². The topological polar surface area (TPSA) is 62.8 Å². The number of carbonyl (C=O) groups excluding carboxylic acids is 1. The Morgan fingerprint density at radius 2 is 1.90 bits per heavy atom. The third-order valence-electron chi connectivity index (χ3n) is 4.42. The molecule has 6 nitrogen and oxygen atoms in total. The molecule has 154 valence electrons. The van der Waals surface area contributed by atoms with E-state index < -0.39 is 0 Å². The van der Waals surface area contributed by atoms with Gasteiger partial charge in [0.1, 0.15) is 5.75 Å². The lowest BCUT2D eigenvalue weighted by atomic mass is 10.2. The fourth-order valence-corrected chi connectivity index (χ4v) is 3.24. The molecular formula is C22H27N3O3S. The second-order valence-corrected chi connectivity index (χ2v) is 7.60. The smallest absolute Gasteiger partial charge is 0.257 e. The minimum Gasteiger partial charge on any atom is -0.491 e. The summed E-state index contributed by atoms with van der Waals surface area (Å²) in [4.78, 5) is 14.8. The molecule has 29 heavy (non-hydrogen) atoms. The molecule has 3 rings (SSSR count). The Hall–Kier alpha value is -2.48. The Bertz CT molecular complexity index is 833. The van der Waals surface area contributed by atoms with Crippen molar-refractivity contribution in [2.24, 2.45) is 0 Å². The van der Waals surface area contributed by atoms with Crippen molar-refractivity contribution in [3.05, 3.63) is 59.7 Å². The monoisotopic (exact) mass is 413 g/mol. The van der Waals surface area contributed by atoms with Crippen molar-refractivity contribution in [1.82, 2.24) is 10.2 Å². The van der Waals surface area contributed by atoms with Gasteiger partial charge in [-0.15, -0.1) is 0 Å². The molecule has 1 aliphatic rings. The zero-order chi connectivity index (χ0) is 20.6. The van der Waals surface area contributed by atoms with E-state index in [2.05, 4.69) is 27.7 Å². The van der Waals surface area contributed by atoms with Gasteiger partial charge in [0.2, 0.25) is 0 Å². The number of thiocarbonyl (C=S) groups is 1. The van der Waals surface area contributed by atoms with Crippen LogP contribution in [0, 0.1) is 0 Å². The van der Waals surface area contributed by atoms with E-state index in [9.17, 15) is 4.79 Å². The predicted octanol–water partition coefficient (Wildman–Crippen LogP) is 3.43. The third-order valence-corrected chi connectivity index (χ3v) is 4.62. The van der Waals surface area contributed by atoms with Gasteiger partial charge >= 0.3 is 0 Å². The number of morpholine rings is 1. The number of hydrogen-bond acceptors (Lipinski definition) is 5. The van der Waals surface area contributed by atoms with Crippen LogP contribution in [-0.4, -0.2) is 48.3 Å². The molecule has 2 aromatic carbocycles.